The molecule has 0 aliphatic rings. The molecule has 0 bridgehead atoms. The maximum atomic E-state index is 10.1. The number of hydrogen-bond donors (Lipinski definition) is 0. The Morgan fingerprint density at radius 3 is 0.538 bits per heavy atom. The average molecular weight is 1090 g/mol. The summed E-state index contributed by atoms with van der Waals surface area (Å²) in [6, 6.07) is 0. The first-order chi connectivity index (χ1) is 31.1. The number of rotatable bonds is 44. The molecule has 0 saturated heterocycles. The van der Waals surface area contributed by atoms with Gasteiger partial charge < -0.3 is 39.6 Å². The SMILES string of the molecule is CCCC/C=C\CCCCCCCC(=O)[O-].CCCC/C=C\CCCCCCCC(=O)[O-].CCCC/C=C\CCCCCCCC(=O)[O-].CCCC/C=C\CCCCCCCC(=O)[O-].[W]. The fourth-order valence-electron chi connectivity index (χ4n) is 6.48. The Morgan fingerprint density at radius 1 is 0.246 bits per heavy atom. The summed E-state index contributed by atoms with van der Waals surface area (Å²) in [6.07, 6.45) is 60.4. The fourth-order valence-corrected chi connectivity index (χ4v) is 6.48. The van der Waals surface area contributed by atoms with Crippen LogP contribution in [0.15, 0.2) is 48.6 Å². The van der Waals surface area contributed by atoms with Gasteiger partial charge in [-0.15, -0.1) is 0 Å². The van der Waals surface area contributed by atoms with Gasteiger partial charge in [0.15, 0.2) is 0 Å². The van der Waals surface area contributed by atoms with Gasteiger partial charge in [-0.25, -0.2) is 0 Å². The van der Waals surface area contributed by atoms with Crippen LogP contribution in [0, 0.1) is 0 Å². The van der Waals surface area contributed by atoms with E-state index in [1.54, 1.807) is 0 Å². The van der Waals surface area contributed by atoms with E-state index in [1.807, 2.05) is 0 Å². The maximum absolute atomic E-state index is 10.1. The van der Waals surface area contributed by atoms with Crippen molar-refractivity contribution in [3.63, 3.8) is 0 Å². The molecule has 0 spiro atoms. The van der Waals surface area contributed by atoms with Crippen molar-refractivity contribution in [2.75, 3.05) is 0 Å². The molecule has 9 heteroatoms. The Balaban J connectivity index is -0.000000245. The Morgan fingerprint density at radius 2 is 0.385 bits per heavy atom. The van der Waals surface area contributed by atoms with Gasteiger partial charge in [-0.1, -0.05) is 205 Å². The van der Waals surface area contributed by atoms with Crippen molar-refractivity contribution in [2.45, 2.75) is 285 Å². The largest absolute Gasteiger partial charge is 0.550 e. The smallest absolute Gasteiger partial charge is 0.0414 e. The second-order valence-corrected chi connectivity index (χ2v) is 17.2. The zero-order valence-corrected chi connectivity index (χ0v) is 45.5. The molecule has 0 N–H and O–H groups in total. The van der Waals surface area contributed by atoms with Crippen molar-refractivity contribution in [1.82, 2.24) is 0 Å². The summed E-state index contributed by atoms with van der Waals surface area (Å²) >= 11 is 0. The number of carboxylic acids is 4. The third kappa shape index (κ3) is 88.9. The van der Waals surface area contributed by atoms with E-state index in [1.165, 1.54) is 154 Å². The van der Waals surface area contributed by atoms with Crippen LogP contribution in [0.2, 0.25) is 0 Å². The molecular weight excluding hydrogens is 984 g/mol. The van der Waals surface area contributed by atoms with Gasteiger partial charge in [0.05, 0.1) is 0 Å². The number of aliphatic carboxylic acids is 4. The van der Waals surface area contributed by atoms with E-state index in [-0.39, 0.29) is 46.7 Å². The van der Waals surface area contributed by atoms with E-state index < -0.39 is 23.9 Å². The van der Waals surface area contributed by atoms with Crippen LogP contribution >= 0.6 is 0 Å². The molecule has 0 fully saturated rings. The van der Waals surface area contributed by atoms with E-state index in [4.69, 9.17) is 0 Å². The topological polar surface area (TPSA) is 161 Å². The second-order valence-electron chi connectivity index (χ2n) is 17.2. The molecule has 0 aromatic heterocycles. The molecule has 0 unspecified atom stereocenters. The number of carbonyl (C=O) groups excluding carboxylic acids is 4. The molecule has 0 radical (unpaired) electrons. The molecule has 0 aliphatic carbocycles. The summed E-state index contributed by atoms with van der Waals surface area (Å²) in [6.45, 7) is 8.84. The van der Waals surface area contributed by atoms with E-state index in [0.29, 0.717) is 0 Å². The van der Waals surface area contributed by atoms with Gasteiger partial charge in [0.25, 0.3) is 0 Å². The van der Waals surface area contributed by atoms with Crippen LogP contribution in [0.5, 0.6) is 0 Å². The van der Waals surface area contributed by atoms with Crippen LogP contribution in [0.3, 0.4) is 0 Å². The fraction of sp³-hybridized carbons (Fsp3) is 0.786. The molecule has 65 heavy (non-hydrogen) atoms. The first kappa shape index (κ1) is 71.5. The Kier molecular flexibility index (Phi) is 75.0. The zero-order valence-electron chi connectivity index (χ0n) is 42.6. The van der Waals surface area contributed by atoms with Gasteiger partial charge in [-0.2, -0.15) is 0 Å². The van der Waals surface area contributed by atoms with E-state index in [0.717, 1.165) is 77.0 Å². The normalized spacial score (nSPS) is 10.9. The number of allylic oxidation sites excluding steroid dienone is 8. The van der Waals surface area contributed by atoms with Gasteiger partial charge in [-0.3, -0.25) is 0 Å². The van der Waals surface area contributed by atoms with Gasteiger partial charge in [-0.05, 0) is 128 Å². The second kappa shape index (κ2) is 68.1. The standard InChI is InChI=1S/4C14H26O2.W/c4*1-2-3-4-5-6-7-8-9-10-11-12-13-14(15)16;/h4*5-6H,2-4,7-13H2,1H3,(H,15,16);/p-4/b4*6-5-;. The molecule has 382 valence electrons. The van der Waals surface area contributed by atoms with Gasteiger partial charge in [0, 0.05) is 44.9 Å². The van der Waals surface area contributed by atoms with Gasteiger partial charge >= 0.3 is 0 Å². The van der Waals surface area contributed by atoms with Gasteiger partial charge in [0.1, 0.15) is 0 Å². The molecular formula is C56H100O8W-4. The number of hydrogen-bond acceptors (Lipinski definition) is 8. The summed E-state index contributed by atoms with van der Waals surface area (Å²) in [4.78, 5) is 40.6. The van der Waals surface area contributed by atoms with Crippen molar-refractivity contribution in [3.8, 4) is 0 Å². The summed E-state index contributed by atoms with van der Waals surface area (Å²) in [5.74, 6) is -3.67. The molecule has 0 atom stereocenters. The molecule has 0 amide bonds. The van der Waals surface area contributed by atoms with Crippen molar-refractivity contribution >= 4 is 23.9 Å². The monoisotopic (exact) mass is 1080 g/mol. The molecule has 8 nitrogen and oxygen atoms in total. The number of carbonyl (C=O) groups is 4. The van der Waals surface area contributed by atoms with Crippen molar-refractivity contribution in [2.24, 2.45) is 0 Å². The van der Waals surface area contributed by atoms with Crippen LogP contribution in [0.1, 0.15) is 285 Å². The van der Waals surface area contributed by atoms with Gasteiger partial charge in [0.2, 0.25) is 0 Å². The number of carboxylic acid groups (broad SMARTS) is 4. The average Bonchev–Trinajstić information content (AvgIpc) is 3.26. The Bertz CT molecular complexity index is 916. The summed E-state index contributed by atoms with van der Waals surface area (Å²) in [7, 11) is 0. The van der Waals surface area contributed by atoms with Crippen LogP contribution in [0.25, 0.3) is 0 Å². The van der Waals surface area contributed by atoms with E-state index >= 15 is 0 Å². The Hall–Kier alpha value is -2.47. The third-order valence-electron chi connectivity index (χ3n) is 10.6. The van der Waals surface area contributed by atoms with Crippen molar-refractivity contribution in [3.05, 3.63) is 48.6 Å². The first-order valence-corrected chi connectivity index (χ1v) is 26.5. The molecule has 0 heterocycles. The predicted octanol–water partition coefficient (Wildman–Crippen LogP) is 12.9. The number of unbranched alkanes of at least 4 members (excludes halogenated alkanes) is 28. The minimum Gasteiger partial charge on any atom is -0.550 e. The maximum Gasteiger partial charge on any atom is 0.0414 e. The first-order valence-electron chi connectivity index (χ1n) is 26.5. The van der Waals surface area contributed by atoms with E-state index in [9.17, 15) is 39.6 Å². The quantitative estimate of drug-likeness (QED) is 0.0430. The molecule has 0 aromatic carbocycles. The van der Waals surface area contributed by atoms with Crippen LogP contribution in [0.4, 0.5) is 0 Å². The molecule has 0 rings (SSSR count). The summed E-state index contributed by atoms with van der Waals surface area (Å²) in [5.41, 5.74) is 0. The summed E-state index contributed by atoms with van der Waals surface area (Å²) < 4.78 is 0. The van der Waals surface area contributed by atoms with Crippen molar-refractivity contribution < 1.29 is 60.7 Å². The molecule has 0 saturated carbocycles. The zero-order chi connectivity index (χ0) is 48.3. The minimum absolute atomic E-state index is 0. The molecule has 0 aromatic rings. The summed E-state index contributed by atoms with van der Waals surface area (Å²) in [5, 5.41) is 40.6. The Labute approximate surface area is 415 Å². The predicted molar refractivity (Wildman–Crippen MR) is 264 cm³/mol. The van der Waals surface area contributed by atoms with E-state index in [2.05, 4.69) is 76.3 Å². The third-order valence-corrected chi connectivity index (χ3v) is 10.6. The van der Waals surface area contributed by atoms with Crippen molar-refractivity contribution in [1.29, 1.82) is 0 Å². The van der Waals surface area contributed by atoms with Crippen LogP contribution in [-0.4, -0.2) is 23.9 Å². The minimum atomic E-state index is -0.918. The molecule has 0 aliphatic heterocycles. The van der Waals surface area contributed by atoms with Crippen LogP contribution < -0.4 is 20.4 Å². The van der Waals surface area contributed by atoms with Crippen LogP contribution in [-0.2, 0) is 40.2 Å².